The van der Waals surface area contributed by atoms with E-state index in [0.29, 0.717) is 6.07 Å². The number of alkyl halides is 3. The van der Waals surface area contributed by atoms with Crippen LogP contribution in [0.5, 0.6) is 0 Å². The van der Waals surface area contributed by atoms with Gasteiger partial charge in [0.1, 0.15) is 17.7 Å². The van der Waals surface area contributed by atoms with Crippen LogP contribution in [-0.2, 0) is 0 Å². The van der Waals surface area contributed by atoms with Crippen LogP contribution in [0, 0.1) is 11.6 Å². The molecule has 0 aliphatic heterocycles. The molecule has 0 spiro atoms. The number of aliphatic hydroxyl groups excluding tert-OH is 1. The average molecular weight is 292 g/mol. The van der Waals surface area contributed by atoms with Gasteiger partial charge in [-0.25, -0.2) is 8.78 Å². The molecular weight excluding hydrogens is 281 g/mol. The predicted molar refractivity (Wildman–Crippen MR) is 57.2 cm³/mol. The molecule has 0 saturated heterocycles. The van der Waals surface area contributed by atoms with Crippen LogP contribution in [0.4, 0.5) is 22.0 Å². The largest absolute Gasteiger partial charge is 0.403 e. The van der Waals surface area contributed by atoms with Crippen LogP contribution >= 0.6 is 12.4 Å². The maximum absolute atomic E-state index is 13.1. The highest BCUT2D eigenvalue weighted by Crippen LogP contribution is 2.28. The molecular formula is C10H11ClF5NO. The fourth-order valence-electron chi connectivity index (χ4n) is 1.27. The highest BCUT2D eigenvalue weighted by Gasteiger charge is 2.38. The van der Waals surface area contributed by atoms with Crippen molar-refractivity contribution in [1.82, 2.24) is 0 Å². The van der Waals surface area contributed by atoms with Gasteiger partial charge in [0, 0.05) is 18.1 Å². The van der Waals surface area contributed by atoms with Crippen molar-refractivity contribution in [1.29, 1.82) is 0 Å². The lowest BCUT2D eigenvalue weighted by molar-refractivity contribution is -0.154. The van der Waals surface area contributed by atoms with E-state index < -0.39 is 41.9 Å². The van der Waals surface area contributed by atoms with Gasteiger partial charge in [-0.05, 0) is 6.07 Å². The Balaban J connectivity index is 0.00000289. The second-order valence-corrected chi connectivity index (χ2v) is 3.57. The summed E-state index contributed by atoms with van der Waals surface area (Å²) in [5, 5.41) is 9.38. The first-order valence-electron chi connectivity index (χ1n) is 4.67. The molecule has 0 saturated carbocycles. The van der Waals surface area contributed by atoms with Crippen LogP contribution in [0.3, 0.4) is 0 Å². The maximum Gasteiger partial charge on any atom is 0.403 e. The molecule has 0 heterocycles. The third-order valence-corrected chi connectivity index (χ3v) is 2.22. The Hall–Kier alpha value is -0.920. The van der Waals surface area contributed by atoms with Gasteiger partial charge in [-0.2, -0.15) is 13.2 Å². The number of hydrogen-bond donors (Lipinski definition) is 2. The Morgan fingerprint density at radius 2 is 1.78 bits per heavy atom. The summed E-state index contributed by atoms with van der Waals surface area (Å²) in [4.78, 5) is 0. The molecule has 0 aromatic heterocycles. The Morgan fingerprint density at radius 1 is 1.22 bits per heavy atom. The molecule has 0 aliphatic rings. The Labute approximate surface area is 106 Å². The van der Waals surface area contributed by atoms with Gasteiger partial charge in [0.15, 0.2) is 0 Å². The van der Waals surface area contributed by atoms with Gasteiger partial charge in [0.2, 0.25) is 0 Å². The molecule has 1 aromatic rings. The number of rotatable bonds is 3. The van der Waals surface area contributed by atoms with E-state index >= 15 is 0 Å². The molecule has 1 rings (SSSR count). The summed E-state index contributed by atoms with van der Waals surface area (Å²) < 4.78 is 62.0. The zero-order valence-corrected chi connectivity index (χ0v) is 9.73. The molecule has 2 nitrogen and oxygen atoms in total. The summed E-state index contributed by atoms with van der Waals surface area (Å²) in [5.41, 5.74) is 4.38. The van der Waals surface area contributed by atoms with E-state index in [1.807, 2.05) is 0 Å². The van der Waals surface area contributed by atoms with Crippen molar-refractivity contribution in [2.75, 3.05) is 0 Å². The third kappa shape index (κ3) is 4.40. The van der Waals surface area contributed by atoms with Crippen LogP contribution in [0.1, 0.15) is 18.1 Å². The Bertz CT molecular complexity index is 398. The standard InChI is InChI=1S/C10H10F5NO.ClH/c11-5-1-2-6(7(12)3-5)8(17)4-9(16)10(13,14)15;/h1-3,8-9,17H,4,16H2;1H/t8-,9-;/m0./s1. The van der Waals surface area contributed by atoms with Crippen molar-refractivity contribution >= 4 is 12.4 Å². The molecule has 8 heteroatoms. The number of hydrogen-bond acceptors (Lipinski definition) is 2. The lowest BCUT2D eigenvalue weighted by atomic mass is 10.0. The fourth-order valence-corrected chi connectivity index (χ4v) is 1.27. The van der Waals surface area contributed by atoms with Crippen molar-refractivity contribution in [3.8, 4) is 0 Å². The van der Waals surface area contributed by atoms with Crippen LogP contribution in [0.2, 0.25) is 0 Å². The van der Waals surface area contributed by atoms with Gasteiger partial charge in [-0.1, -0.05) is 6.07 Å². The van der Waals surface area contributed by atoms with Crippen molar-refractivity contribution in [2.24, 2.45) is 5.73 Å². The second-order valence-electron chi connectivity index (χ2n) is 3.57. The summed E-state index contributed by atoms with van der Waals surface area (Å²) in [6, 6.07) is -0.0430. The molecule has 0 unspecified atom stereocenters. The number of aliphatic hydroxyl groups is 1. The van der Waals surface area contributed by atoms with Gasteiger partial charge in [0.05, 0.1) is 6.10 Å². The monoisotopic (exact) mass is 291 g/mol. The fraction of sp³-hybridized carbons (Fsp3) is 0.400. The molecule has 0 radical (unpaired) electrons. The Morgan fingerprint density at radius 3 is 2.22 bits per heavy atom. The van der Waals surface area contributed by atoms with E-state index in [0.717, 1.165) is 12.1 Å². The van der Waals surface area contributed by atoms with Crippen LogP contribution in [-0.4, -0.2) is 17.3 Å². The lowest BCUT2D eigenvalue weighted by Crippen LogP contribution is -2.38. The first-order chi connectivity index (χ1) is 7.71. The minimum atomic E-state index is -4.67. The number of nitrogens with two attached hydrogens (primary N) is 1. The van der Waals surface area contributed by atoms with E-state index in [2.05, 4.69) is 0 Å². The van der Waals surface area contributed by atoms with Gasteiger partial charge < -0.3 is 10.8 Å². The summed E-state index contributed by atoms with van der Waals surface area (Å²) in [6.45, 7) is 0. The molecule has 2 atom stereocenters. The van der Waals surface area contributed by atoms with Gasteiger partial charge in [-0.15, -0.1) is 12.4 Å². The van der Waals surface area contributed by atoms with Crippen LogP contribution in [0.15, 0.2) is 18.2 Å². The van der Waals surface area contributed by atoms with Crippen molar-refractivity contribution in [3.05, 3.63) is 35.4 Å². The third-order valence-electron chi connectivity index (χ3n) is 2.22. The first-order valence-corrected chi connectivity index (χ1v) is 4.67. The van der Waals surface area contributed by atoms with Gasteiger partial charge >= 0.3 is 6.18 Å². The molecule has 0 fully saturated rings. The summed E-state index contributed by atoms with van der Waals surface area (Å²) in [6.07, 6.45) is -7.28. The zero-order valence-electron chi connectivity index (χ0n) is 8.92. The topological polar surface area (TPSA) is 46.2 Å². The van der Waals surface area contributed by atoms with E-state index in [1.54, 1.807) is 0 Å². The highest BCUT2D eigenvalue weighted by molar-refractivity contribution is 5.85. The average Bonchev–Trinajstić information content (AvgIpc) is 2.15. The number of benzene rings is 1. The summed E-state index contributed by atoms with van der Waals surface area (Å²) in [5.74, 6) is -1.98. The molecule has 0 bridgehead atoms. The summed E-state index contributed by atoms with van der Waals surface area (Å²) >= 11 is 0. The van der Waals surface area contributed by atoms with Crippen molar-refractivity contribution < 1.29 is 27.1 Å². The maximum atomic E-state index is 13.1. The molecule has 104 valence electrons. The highest BCUT2D eigenvalue weighted by atomic mass is 35.5. The first kappa shape index (κ1) is 17.1. The lowest BCUT2D eigenvalue weighted by Gasteiger charge is -2.19. The summed E-state index contributed by atoms with van der Waals surface area (Å²) in [7, 11) is 0. The van der Waals surface area contributed by atoms with Crippen molar-refractivity contribution in [3.63, 3.8) is 0 Å². The normalized spacial score (nSPS) is 14.8. The Kier molecular flexibility index (Phi) is 5.98. The second kappa shape index (κ2) is 6.31. The van der Waals surface area contributed by atoms with E-state index in [-0.39, 0.29) is 12.4 Å². The minimum Gasteiger partial charge on any atom is -0.388 e. The molecule has 18 heavy (non-hydrogen) atoms. The molecule has 0 amide bonds. The van der Waals surface area contributed by atoms with E-state index in [4.69, 9.17) is 5.73 Å². The van der Waals surface area contributed by atoms with Crippen molar-refractivity contribution in [2.45, 2.75) is 24.7 Å². The zero-order chi connectivity index (χ0) is 13.2. The quantitative estimate of drug-likeness (QED) is 0.841. The molecule has 0 aliphatic carbocycles. The SMILES string of the molecule is Cl.N[C@@H](C[C@H](O)c1ccc(F)cc1F)C(F)(F)F. The van der Waals surface area contributed by atoms with E-state index in [9.17, 15) is 27.1 Å². The van der Waals surface area contributed by atoms with Crippen LogP contribution < -0.4 is 5.73 Å². The molecule has 1 aromatic carbocycles. The van der Waals surface area contributed by atoms with Gasteiger partial charge in [0.25, 0.3) is 0 Å². The minimum absolute atomic E-state index is 0. The number of halogens is 6. The van der Waals surface area contributed by atoms with Crippen LogP contribution in [0.25, 0.3) is 0 Å². The molecule has 3 N–H and O–H groups in total. The predicted octanol–water partition coefficient (Wildman–Crippen LogP) is 2.70. The van der Waals surface area contributed by atoms with Gasteiger partial charge in [-0.3, -0.25) is 0 Å². The van der Waals surface area contributed by atoms with E-state index in [1.165, 1.54) is 0 Å². The smallest absolute Gasteiger partial charge is 0.388 e.